The first-order valence-corrected chi connectivity index (χ1v) is 5.97. The largest absolute Gasteiger partial charge is 0.481 e. The quantitative estimate of drug-likeness (QED) is 0.765. The van der Waals surface area contributed by atoms with E-state index in [0.717, 1.165) is 38.7 Å². The van der Waals surface area contributed by atoms with Crippen LogP contribution >= 0.6 is 0 Å². The highest BCUT2D eigenvalue weighted by Crippen LogP contribution is 2.26. The number of rotatable bonds is 5. The molecule has 0 aromatic heterocycles. The summed E-state index contributed by atoms with van der Waals surface area (Å²) in [6.45, 7) is 5.16. The summed E-state index contributed by atoms with van der Waals surface area (Å²) in [6.07, 6.45) is 4.82. The molecule has 0 aromatic carbocycles. The number of carbonyl (C=O) groups is 1. The van der Waals surface area contributed by atoms with Gasteiger partial charge in [-0.3, -0.25) is 4.79 Å². The van der Waals surface area contributed by atoms with Crippen molar-refractivity contribution < 1.29 is 14.6 Å². The lowest BCUT2D eigenvalue weighted by Gasteiger charge is -2.27. The average molecular weight is 214 g/mol. The summed E-state index contributed by atoms with van der Waals surface area (Å²) in [7, 11) is 0. The van der Waals surface area contributed by atoms with Crippen LogP contribution in [0, 0.1) is 11.8 Å². The molecule has 0 bridgehead atoms. The number of hydrogen-bond acceptors (Lipinski definition) is 2. The van der Waals surface area contributed by atoms with Crippen LogP contribution in [0.1, 0.15) is 46.0 Å². The van der Waals surface area contributed by atoms with Crippen molar-refractivity contribution in [1.82, 2.24) is 0 Å². The Labute approximate surface area is 91.8 Å². The fourth-order valence-corrected chi connectivity index (χ4v) is 1.89. The van der Waals surface area contributed by atoms with Gasteiger partial charge in [0.2, 0.25) is 0 Å². The van der Waals surface area contributed by atoms with Gasteiger partial charge in [-0.05, 0) is 31.6 Å². The van der Waals surface area contributed by atoms with E-state index in [1.807, 2.05) is 0 Å². The van der Waals surface area contributed by atoms with Crippen LogP contribution in [0.25, 0.3) is 0 Å². The van der Waals surface area contributed by atoms with Gasteiger partial charge >= 0.3 is 5.97 Å². The molecule has 1 saturated carbocycles. The molecule has 0 saturated heterocycles. The van der Waals surface area contributed by atoms with Crippen LogP contribution < -0.4 is 0 Å². The fraction of sp³-hybridized carbons (Fsp3) is 0.917. The van der Waals surface area contributed by atoms with Crippen molar-refractivity contribution in [2.24, 2.45) is 11.8 Å². The molecule has 15 heavy (non-hydrogen) atoms. The summed E-state index contributed by atoms with van der Waals surface area (Å²) in [5, 5.41) is 8.84. The monoisotopic (exact) mass is 214 g/mol. The molecular weight excluding hydrogens is 192 g/mol. The third-order valence-corrected chi connectivity index (χ3v) is 3.34. The normalized spacial score (nSPS) is 28.7. The van der Waals surface area contributed by atoms with Gasteiger partial charge in [0.25, 0.3) is 0 Å². The molecule has 3 nitrogen and oxygen atoms in total. The van der Waals surface area contributed by atoms with Crippen LogP contribution in [0.15, 0.2) is 0 Å². The Balaban J connectivity index is 2.17. The Bertz CT molecular complexity index is 195. The lowest BCUT2D eigenvalue weighted by Crippen LogP contribution is -2.27. The lowest BCUT2D eigenvalue weighted by molar-refractivity contribution is -0.143. The maximum absolute atomic E-state index is 10.7. The first kappa shape index (κ1) is 12.5. The molecule has 1 N–H and O–H groups in total. The van der Waals surface area contributed by atoms with Crippen molar-refractivity contribution in [3.8, 4) is 0 Å². The Morgan fingerprint density at radius 1 is 1.40 bits per heavy atom. The van der Waals surface area contributed by atoms with Crippen LogP contribution in [0.3, 0.4) is 0 Å². The van der Waals surface area contributed by atoms with Gasteiger partial charge in [-0.15, -0.1) is 0 Å². The van der Waals surface area contributed by atoms with Crippen LogP contribution in [0.5, 0.6) is 0 Å². The second kappa shape index (κ2) is 6.11. The van der Waals surface area contributed by atoms with Crippen LogP contribution in [-0.4, -0.2) is 23.8 Å². The second-order valence-electron chi connectivity index (χ2n) is 4.66. The third-order valence-electron chi connectivity index (χ3n) is 3.34. The SMILES string of the molecule is CCC(C)COC1CCC(C(=O)O)CC1. The fourth-order valence-electron chi connectivity index (χ4n) is 1.89. The van der Waals surface area contributed by atoms with Crippen LogP contribution in [-0.2, 0) is 9.53 Å². The maximum atomic E-state index is 10.7. The van der Waals surface area contributed by atoms with E-state index in [-0.39, 0.29) is 5.92 Å². The summed E-state index contributed by atoms with van der Waals surface area (Å²) in [6, 6.07) is 0. The molecule has 1 rings (SSSR count). The number of carboxylic acid groups (broad SMARTS) is 1. The van der Waals surface area contributed by atoms with Crippen molar-refractivity contribution in [3.05, 3.63) is 0 Å². The second-order valence-corrected chi connectivity index (χ2v) is 4.66. The van der Waals surface area contributed by atoms with Gasteiger partial charge in [0.1, 0.15) is 0 Å². The van der Waals surface area contributed by atoms with E-state index >= 15 is 0 Å². The van der Waals surface area contributed by atoms with E-state index in [4.69, 9.17) is 9.84 Å². The topological polar surface area (TPSA) is 46.5 Å². The minimum absolute atomic E-state index is 0.131. The average Bonchev–Trinajstić information content (AvgIpc) is 2.26. The minimum atomic E-state index is -0.643. The molecule has 0 amide bonds. The predicted octanol–water partition coefficient (Wildman–Crippen LogP) is 2.69. The molecule has 1 unspecified atom stereocenters. The van der Waals surface area contributed by atoms with Gasteiger partial charge in [-0.2, -0.15) is 0 Å². The van der Waals surface area contributed by atoms with Gasteiger partial charge < -0.3 is 9.84 Å². The highest BCUT2D eigenvalue weighted by atomic mass is 16.5. The zero-order valence-electron chi connectivity index (χ0n) is 9.74. The molecule has 1 atom stereocenters. The highest BCUT2D eigenvalue weighted by Gasteiger charge is 2.26. The number of hydrogen-bond donors (Lipinski definition) is 1. The van der Waals surface area contributed by atoms with Gasteiger partial charge in [0, 0.05) is 6.61 Å². The molecule has 1 aliphatic rings. The summed E-state index contributed by atoms with van der Waals surface area (Å²) in [5.74, 6) is -0.161. The van der Waals surface area contributed by atoms with E-state index in [9.17, 15) is 4.79 Å². The van der Waals surface area contributed by atoms with Gasteiger partial charge in [0.05, 0.1) is 12.0 Å². The smallest absolute Gasteiger partial charge is 0.306 e. The zero-order valence-corrected chi connectivity index (χ0v) is 9.74. The van der Waals surface area contributed by atoms with Crippen molar-refractivity contribution >= 4 is 5.97 Å². The first-order valence-electron chi connectivity index (χ1n) is 5.97. The number of aliphatic carboxylic acids is 1. The van der Waals surface area contributed by atoms with E-state index < -0.39 is 5.97 Å². The highest BCUT2D eigenvalue weighted by molar-refractivity contribution is 5.69. The molecule has 1 fully saturated rings. The standard InChI is InChI=1S/C12H22O3/c1-3-9(2)8-15-11-6-4-10(5-7-11)12(13)14/h9-11H,3-8H2,1-2H3,(H,13,14). The van der Waals surface area contributed by atoms with Gasteiger partial charge in [-0.25, -0.2) is 0 Å². The molecular formula is C12H22O3. The zero-order chi connectivity index (χ0) is 11.3. The number of ether oxygens (including phenoxy) is 1. The maximum Gasteiger partial charge on any atom is 0.306 e. The summed E-state index contributed by atoms with van der Waals surface area (Å²) < 4.78 is 5.77. The van der Waals surface area contributed by atoms with Crippen LogP contribution in [0.4, 0.5) is 0 Å². The summed E-state index contributed by atoms with van der Waals surface area (Å²) in [4.78, 5) is 10.7. The van der Waals surface area contributed by atoms with E-state index in [2.05, 4.69) is 13.8 Å². The molecule has 0 aliphatic heterocycles. The summed E-state index contributed by atoms with van der Waals surface area (Å²) >= 11 is 0. The molecule has 88 valence electrons. The Morgan fingerprint density at radius 3 is 2.47 bits per heavy atom. The van der Waals surface area contributed by atoms with Crippen molar-refractivity contribution in [3.63, 3.8) is 0 Å². The lowest BCUT2D eigenvalue weighted by atomic mass is 9.87. The van der Waals surface area contributed by atoms with E-state index in [1.54, 1.807) is 0 Å². The Hall–Kier alpha value is -0.570. The van der Waals surface area contributed by atoms with Crippen molar-refractivity contribution in [1.29, 1.82) is 0 Å². The molecule has 0 aromatic rings. The molecule has 3 heteroatoms. The molecule has 0 heterocycles. The molecule has 1 aliphatic carbocycles. The number of carboxylic acids is 1. The molecule has 0 radical (unpaired) electrons. The van der Waals surface area contributed by atoms with E-state index in [1.165, 1.54) is 0 Å². The van der Waals surface area contributed by atoms with Gasteiger partial charge in [0.15, 0.2) is 0 Å². The van der Waals surface area contributed by atoms with Crippen molar-refractivity contribution in [2.45, 2.75) is 52.1 Å². The molecule has 0 spiro atoms. The minimum Gasteiger partial charge on any atom is -0.481 e. The Kier molecular flexibility index (Phi) is 5.09. The Morgan fingerprint density at radius 2 is 2.00 bits per heavy atom. The first-order chi connectivity index (χ1) is 7.13. The van der Waals surface area contributed by atoms with Gasteiger partial charge in [-0.1, -0.05) is 20.3 Å². The predicted molar refractivity (Wildman–Crippen MR) is 58.8 cm³/mol. The van der Waals surface area contributed by atoms with Crippen LogP contribution in [0.2, 0.25) is 0 Å². The van der Waals surface area contributed by atoms with E-state index in [0.29, 0.717) is 12.0 Å². The third kappa shape index (κ3) is 4.20. The summed E-state index contributed by atoms with van der Waals surface area (Å²) in [5.41, 5.74) is 0. The van der Waals surface area contributed by atoms with Crippen molar-refractivity contribution in [2.75, 3.05) is 6.61 Å².